The van der Waals surface area contributed by atoms with E-state index in [1.807, 2.05) is 6.07 Å². The summed E-state index contributed by atoms with van der Waals surface area (Å²) in [6.07, 6.45) is 6.51. The maximum Gasteiger partial charge on any atom is 0.333 e. The van der Waals surface area contributed by atoms with Gasteiger partial charge in [0.2, 0.25) is 5.91 Å². The van der Waals surface area contributed by atoms with Crippen LogP contribution in [-0.2, 0) is 14.3 Å². The van der Waals surface area contributed by atoms with Crippen LogP contribution < -0.4 is 5.32 Å². The summed E-state index contributed by atoms with van der Waals surface area (Å²) < 4.78 is 5.37. The molecule has 3 N–H and O–H groups in total. The Morgan fingerprint density at radius 1 is 1.04 bits per heavy atom. The zero-order chi connectivity index (χ0) is 20.1. The van der Waals surface area contributed by atoms with Gasteiger partial charge in [0.1, 0.15) is 0 Å². The minimum Gasteiger partial charge on any atom is -0.464 e. The molecule has 1 amide bonds. The van der Waals surface area contributed by atoms with E-state index in [2.05, 4.69) is 12.2 Å². The van der Waals surface area contributed by atoms with Crippen molar-refractivity contribution < 1.29 is 24.5 Å². The van der Waals surface area contributed by atoms with Crippen LogP contribution in [-0.4, -0.2) is 41.9 Å². The van der Waals surface area contributed by atoms with Gasteiger partial charge in [-0.25, -0.2) is 4.79 Å². The van der Waals surface area contributed by atoms with Crippen LogP contribution >= 0.6 is 0 Å². The Kier molecular flexibility index (Phi) is 10.7. The molecule has 1 atom stereocenters. The summed E-state index contributed by atoms with van der Waals surface area (Å²) in [4.78, 5) is 25.0. The van der Waals surface area contributed by atoms with Crippen molar-refractivity contribution in [2.24, 2.45) is 5.41 Å². The Hall–Kier alpha value is -1.92. The van der Waals surface area contributed by atoms with E-state index in [-0.39, 0.29) is 0 Å². The standard InChI is InChI=1S/C21H33NO5/c1-3-4-5-6-7-11-14-27-19(25)18(17-12-9-8-10-13-17)22-20(26)21(2,15-23)16-24/h8-10,12-13,18,23-24H,3-7,11,14-16H2,1-2H3,(H,22,26)/t18-/m0/s1. The summed E-state index contributed by atoms with van der Waals surface area (Å²) in [7, 11) is 0. The lowest BCUT2D eigenvalue weighted by atomic mass is 9.91. The first kappa shape index (κ1) is 23.1. The van der Waals surface area contributed by atoms with Crippen molar-refractivity contribution in [3.63, 3.8) is 0 Å². The van der Waals surface area contributed by atoms with Gasteiger partial charge in [-0.2, -0.15) is 0 Å². The summed E-state index contributed by atoms with van der Waals surface area (Å²) in [6, 6.07) is 7.84. The zero-order valence-corrected chi connectivity index (χ0v) is 16.4. The molecule has 1 aromatic carbocycles. The summed E-state index contributed by atoms with van der Waals surface area (Å²) in [5.41, 5.74) is -0.774. The number of hydrogen-bond acceptors (Lipinski definition) is 5. The lowest BCUT2D eigenvalue weighted by Gasteiger charge is -2.26. The second-order valence-corrected chi connectivity index (χ2v) is 7.13. The maximum absolute atomic E-state index is 12.6. The number of carbonyl (C=O) groups is 2. The second kappa shape index (κ2) is 12.5. The highest BCUT2D eigenvalue weighted by Gasteiger charge is 2.35. The molecule has 0 heterocycles. The number of hydrogen-bond donors (Lipinski definition) is 3. The van der Waals surface area contributed by atoms with E-state index in [1.54, 1.807) is 24.3 Å². The second-order valence-electron chi connectivity index (χ2n) is 7.13. The molecule has 0 unspecified atom stereocenters. The lowest BCUT2D eigenvalue weighted by Crippen LogP contribution is -2.47. The Labute approximate surface area is 161 Å². The largest absolute Gasteiger partial charge is 0.464 e. The molecule has 1 rings (SSSR count). The van der Waals surface area contributed by atoms with Gasteiger partial charge in [-0.1, -0.05) is 69.4 Å². The van der Waals surface area contributed by atoms with Gasteiger partial charge >= 0.3 is 5.97 Å². The fourth-order valence-corrected chi connectivity index (χ4v) is 2.56. The molecule has 6 heteroatoms. The number of carbonyl (C=O) groups excluding carboxylic acids is 2. The third-order valence-electron chi connectivity index (χ3n) is 4.63. The van der Waals surface area contributed by atoms with Crippen LogP contribution in [0.5, 0.6) is 0 Å². The molecule has 0 saturated carbocycles. The molecule has 6 nitrogen and oxygen atoms in total. The molecule has 0 aliphatic carbocycles. The van der Waals surface area contributed by atoms with Crippen LogP contribution in [0.15, 0.2) is 30.3 Å². The van der Waals surface area contributed by atoms with Crippen LogP contribution in [0, 0.1) is 5.41 Å². The van der Waals surface area contributed by atoms with E-state index in [9.17, 15) is 19.8 Å². The highest BCUT2D eigenvalue weighted by atomic mass is 16.5. The summed E-state index contributed by atoms with van der Waals surface area (Å²) in [5, 5.41) is 21.4. The van der Waals surface area contributed by atoms with Gasteiger partial charge in [0.15, 0.2) is 6.04 Å². The van der Waals surface area contributed by atoms with Gasteiger partial charge in [-0.05, 0) is 18.9 Å². The van der Waals surface area contributed by atoms with Crippen LogP contribution in [0.1, 0.15) is 64.0 Å². The Morgan fingerprint density at radius 2 is 1.63 bits per heavy atom. The van der Waals surface area contributed by atoms with E-state index in [4.69, 9.17) is 4.74 Å². The third-order valence-corrected chi connectivity index (χ3v) is 4.63. The Balaban J connectivity index is 2.67. The SMILES string of the molecule is CCCCCCCCOC(=O)[C@@H](NC(=O)C(C)(CO)CO)c1ccccc1. The molecule has 0 spiro atoms. The molecule has 152 valence electrons. The van der Waals surface area contributed by atoms with E-state index in [1.165, 1.54) is 26.2 Å². The normalized spacial score (nSPS) is 12.4. The molecular weight excluding hydrogens is 346 g/mol. The minimum atomic E-state index is -1.37. The van der Waals surface area contributed by atoms with Crippen molar-refractivity contribution in [2.75, 3.05) is 19.8 Å². The van der Waals surface area contributed by atoms with Crippen LogP contribution in [0.25, 0.3) is 0 Å². The van der Waals surface area contributed by atoms with Gasteiger partial charge in [0.05, 0.1) is 25.2 Å². The number of nitrogens with one attached hydrogen (secondary N) is 1. The fraction of sp³-hybridized carbons (Fsp3) is 0.619. The summed E-state index contributed by atoms with van der Waals surface area (Å²) in [6.45, 7) is 2.86. The highest BCUT2D eigenvalue weighted by Crippen LogP contribution is 2.20. The first-order valence-corrected chi connectivity index (χ1v) is 9.72. The molecule has 27 heavy (non-hydrogen) atoms. The van der Waals surface area contributed by atoms with Gasteiger partial charge in [0, 0.05) is 0 Å². The molecule has 0 radical (unpaired) electrons. The molecule has 0 fully saturated rings. The van der Waals surface area contributed by atoms with Crippen LogP contribution in [0.4, 0.5) is 0 Å². The summed E-state index contributed by atoms with van der Waals surface area (Å²) >= 11 is 0. The Bertz CT molecular complexity index is 557. The van der Waals surface area contributed by atoms with Crippen molar-refractivity contribution in [1.29, 1.82) is 0 Å². The number of amides is 1. The fourth-order valence-electron chi connectivity index (χ4n) is 2.56. The average Bonchev–Trinajstić information content (AvgIpc) is 2.70. The van der Waals surface area contributed by atoms with Gasteiger partial charge in [0.25, 0.3) is 0 Å². The third kappa shape index (κ3) is 7.69. The van der Waals surface area contributed by atoms with Crippen molar-refractivity contribution in [2.45, 2.75) is 58.4 Å². The predicted octanol–water partition coefficient (Wildman–Crippen LogP) is 2.74. The van der Waals surface area contributed by atoms with Crippen molar-refractivity contribution in [3.8, 4) is 0 Å². The van der Waals surface area contributed by atoms with Gasteiger partial charge in [-0.15, -0.1) is 0 Å². The number of rotatable bonds is 13. The minimum absolute atomic E-state index is 0.307. The van der Waals surface area contributed by atoms with Gasteiger partial charge < -0.3 is 20.3 Å². The van der Waals surface area contributed by atoms with Crippen molar-refractivity contribution in [1.82, 2.24) is 5.32 Å². The number of aliphatic hydroxyl groups is 2. The number of benzene rings is 1. The highest BCUT2D eigenvalue weighted by molar-refractivity contribution is 5.88. The Morgan fingerprint density at radius 3 is 2.22 bits per heavy atom. The molecule has 1 aromatic rings. The number of aliphatic hydroxyl groups excluding tert-OH is 2. The van der Waals surface area contributed by atoms with Crippen molar-refractivity contribution >= 4 is 11.9 Å². The molecule has 0 aliphatic rings. The molecule has 0 bridgehead atoms. The van der Waals surface area contributed by atoms with Gasteiger partial charge in [-0.3, -0.25) is 4.79 Å². The monoisotopic (exact) mass is 379 g/mol. The molecule has 0 aromatic heterocycles. The van der Waals surface area contributed by atoms with E-state index < -0.39 is 36.5 Å². The number of ether oxygens (including phenoxy) is 1. The topological polar surface area (TPSA) is 95.9 Å². The quantitative estimate of drug-likeness (QED) is 0.362. The number of esters is 1. The molecule has 0 saturated heterocycles. The van der Waals surface area contributed by atoms with Crippen LogP contribution in [0.2, 0.25) is 0 Å². The van der Waals surface area contributed by atoms with Crippen LogP contribution in [0.3, 0.4) is 0 Å². The van der Waals surface area contributed by atoms with Crippen molar-refractivity contribution in [3.05, 3.63) is 35.9 Å². The average molecular weight is 379 g/mol. The number of unbranched alkanes of at least 4 members (excludes halogenated alkanes) is 5. The van der Waals surface area contributed by atoms with E-state index in [0.29, 0.717) is 12.2 Å². The lowest BCUT2D eigenvalue weighted by molar-refractivity contribution is -0.150. The zero-order valence-electron chi connectivity index (χ0n) is 16.4. The van der Waals surface area contributed by atoms with E-state index in [0.717, 1.165) is 19.3 Å². The van der Waals surface area contributed by atoms with E-state index >= 15 is 0 Å². The summed E-state index contributed by atoms with van der Waals surface area (Å²) in [5.74, 6) is -1.14. The molecular formula is C21H33NO5. The molecule has 0 aliphatic heterocycles. The smallest absolute Gasteiger partial charge is 0.333 e. The first-order valence-electron chi connectivity index (χ1n) is 9.72. The predicted molar refractivity (Wildman–Crippen MR) is 104 cm³/mol. The maximum atomic E-state index is 12.6. The first-order chi connectivity index (χ1) is 13.0.